The second kappa shape index (κ2) is 18.2. The summed E-state index contributed by atoms with van der Waals surface area (Å²) in [6.45, 7) is 11.2. The van der Waals surface area contributed by atoms with Crippen LogP contribution in [-0.2, 0) is 19.0 Å². The van der Waals surface area contributed by atoms with Crippen LogP contribution in [-0.4, -0.2) is 91.7 Å². The Bertz CT molecular complexity index is 1360. The average molecular weight is 697 g/mol. The standard InChI is InChI=1S/C39H56N2O9/c1-5-21-46-28-17-18-33-31(25-28)36-29(15-9-12-20-43)27(14-8-11-19-42)24-30-32(40-50-35-16-10-13-23-47-35)26-34(41(4)38(44)45-7-3)39(49-33,37(30)36)48-22-6-2/h5-6,17-18,24-25,27,29,34-37,42-43H,1-2,7-16,19-23,26H2,3-4H3/t27-,29+,34-,35?,36+,37+,39+/m0/s1. The molecule has 0 radical (unpaired) electrons. The summed E-state index contributed by atoms with van der Waals surface area (Å²) < 4.78 is 31.4. The Balaban J connectivity index is 1.73. The fraction of sp³-hybridized carbons (Fsp3) is 0.641. The number of rotatable bonds is 18. The van der Waals surface area contributed by atoms with Crippen LogP contribution in [0.15, 0.2) is 60.3 Å². The van der Waals surface area contributed by atoms with Crippen molar-refractivity contribution in [1.29, 1.82) is 0 Å². The number of aliphatic hydroxyl groups is 2. The van der Waals surface area contributed by atoms with E-state index in [1.54, 1.807) is 31.0 Å². The molecule has 0 spiro atoms. The highest BCUT2D eigenvalue weighted by molar-refractivity contribution is 6.02. The van der Waals surface area contributed by atoms with Gasteiger partial charge in [-0.3, -0.25) is 0 Å². The van der Waals surface area contributed by atoms with Crippen molar-refractivity contribution < 1.29 is 43.5 Å². The van der Waals surface area contributed by atoms with Gasteiger partial charge >= 0.3 is 6.09 Å². The smallest absolute Gasteiger partial charge is 0.409 e. The van der Waals surface area contributed by atoms with Gasteiger partial charge in [-0.25, -0.2) is 4.79 Å². The summed E-state index contributed by atoms with van der Waals surface area (Å²) in [4.78, 5) is 21.2. The van der Waals surface area contributed by atoms with Crippen LogP contribution < -0.4 is 9.47 Å². The number of nitrogens with zero attached hydrogens (tertiary/aromatic N) is 2. The molecule has 0 aromatic heterocycles. The van der Waals surface area contributed by atoms with Crippen molar-refractivity contribution in [3.8, 4) is 11.5 Å². The van der Waals surface area contributed by atoms with Gasteiger partial charge < -0.3 is 43.6 Å². The van der Waals surface area contributed by atoms with Crippen LogP contribution in [0.25, 0.3) is 0 Å². The molecule has 11 heteroatoms. The lowest BCUT2D eigenvalue weighted by molar-refractivity contribution is -0.254. The molecule has 1 saturated carbocycles. The number of hydrogen-bond donors (Lipinski definition) is 2. The molecule has 1 amide bonds. The molecule has 276 valence electrons. The van der Waals surface area contributed by atoms with Gasteiger partial charge in [0, 0.05) is 44.6 Å². The summed E-state index contributed by atoms with van der Waals surface area (Å²) in [5.74, 6) is -0.240. The number of unbranched alkanes of at least 4 members (excludes halogenated alkanes) is 2. The van der Waals surface area contributed by atoms with E-state index in [-0.39, 0.29) is 44.2 Å². The molecule has 7 atom stereocenters. The SMILES string of the molecule is C=CCOc1ccc2c(c1)[C@H]1[C@H](CCCCO)[C@@H](CCCCO)C=C3C(=NOC4CCCCO4)C[C@H](N(C)C(=O)OCC)[C@@](OCC=C)(O2)[C@H]31. The van der Waals surface area contributed by atoms with Gasteiger partial charge in [0.2, 0.25) is 12.1 Å². The number of hydrogen-bond acceptors (Lipinski definition) is 10. The first-order valence-electron chi connectivity index (χ1n) is 18.4. The lowest BCUT2D eigenvalue weighted by Gasteiger charge is -2.59. The Morgan fingerprint density at radius 3 is 2.58 bits per heavy atom. The third kappa shape index (κ3) is 8.22. The minimum atomic E-state index is -1.33. The molecular formula is C39H56N2O9. The highest BCUT2D eigenvalue weighted by Crippen LogP contribution is 2.61. The van der Waals surface area contributed by atoms with Gasteiger partial charge in [0.25, 0.3) is 0 Å². The highest BCUT2D eigenvalue weighted by atomic mass is 16.8. The molecule has 5 rings (SSSR count). The fourth-order valence-corrected chi connectivity index (χ4v) is 8.24. The van der Waals surface area contributed by atoms with Crippen molar-refractivity contribution in [2.24, 2.45) is 22.9 Å². The van der Waals surface area contributed by atoms with E-state index < -0.39 is 30.1 Å². The minimum absolute atomic E-state index is 0.118. The highest BCUT2D eigenvalue weighted by Gasteiger charge is 2.65. The largest absolute Gasteiger partial charge is 0.490 e. The van der Waals surface area contributed by atoms with Crippen molar-refractivity contribution >= 4 is 11.8 Å². The first kappa shape index (κ1) is 37.9. The van der Waals surface area contributed by atoms with E-state index in [0.29, 0.717) is 44.0 Å². The van der Waals surface area contributed by atoms with Crippen molar-refractivity contribution in [2.45, 2.75) is 95.2 Å². The number of fused-ring (bicyclic) bond motifs is 2. The summed E-state index contributed by atoms with van der Waals surface area (Å²) in [6.07, 6.45) is 12.7. The Kier molecular flexibility index (Phi) is 13.8. The van der Waals surface area contributed by atoms with Gasteiger partial charge in [-0.05, 0) is 81.1 Å². The summed E-state index contributed by atoms with van der Waals surface area (Å²) >= 11 is 0. The number of benzene rings is 1. The van der Waals surface area contributed by atoms with Crippen LogP contribution in [0.2, 0.25) is 0 Å². The van der Waals surface area contributed by atoms with Gasteiger partial charge in [-0.1, -0.05) is 42.8 Å². The van der Waals surface area contributed by atoms with Gasteiger partial charge in [0.05, 0.1) is 31.5 Å². The van der Waals surface area contributed by atoms with Gasteiger partial charge in [-0.15, -0.1) is 6.58 Å². The molecule has 2 aliphatic carbocycles. The van der Waals surface area contributed by atoms with E-state index in [1.165, 1.54) is 0 Å². The van der Waals surface area contributed by atoms with Gasteiger partial charge in [0.15, 0.2) is 0 Å². The predicted molar refractivity (Wildman–Crippen MR) is 190 cm³/mol. The quantitative estimate of drug-likeness (QED) is 0.100. The fourth-order valence-electron chi connectivity index (χ4n) is 8.24. The Labute approximate surface area is 296 Å². The van der Waals surface area contributed by atoms with Crippen molar-refractivity contribution in [3.05, 3.63) is 60.7 Å². The Morgan fingerprint density at radius 2 is 1.88 bits per heavy atom. The van der Waals surface area contributed by atoms with E-state index in [9.17, 15) is 15.0 Å². The van der Waals surface area contributed by atoms with E-state index in [0.717, 1.165) is 61.8 Å². The number of oxime groups is 1. The van der Waals surface area contributed by atoms with Crippen molar-refractivity contribution in [3.63, 3.8) is 0 Å². The number of ether oxygens (including phenoxy) is 5. The predicted octanol–water partition coefficient (Wildman–Crippen LogP) is 6.50. The number of likely N-dealkylation sites (N-methyl/N-ethyl adjacent to an activating group) is 1. The lowest BCUT2D eigenvalue weighted by Crippen LogP contribution is -2.69. The van der Waals surface area contributed by atoms with E-state index in [2.05, 4.69) is 25.3 Å². The molecule has 2 N–H and O–H groups in total. The second-order valence-electron chi connectivity index (χ2n) is 13.6. The number of allylic oxidation sites excluding steroid dienone is 1. The number of carbonyl (C=O) groups excluding carboxylic acids is 1. The maximum Gasteiger partial charge on any atom is 0.409 e. The second-order valence-corrected chi connectivity index (χ2v) is 13.6. The maximum absolute atomic E-state index is 13.5. The molecule has 2 aliphatic heterocycles. The van der Waals surface area contributed by atoms with Crippen LogP contribution in [0.4, 0.5) is 4.79 Å². The molecular weight excluding hydrogens is 640 g/mol. The molecule has 1 aromatic carbocycles. The third-order valence-corrected chi connectivity index (χ3v) is 10.5. The number of amides is 1. The first-order valence-corrected chi connectivity index (χ1v) is 18.4. The van der Waals surface area contributed by atoms with Crippen LogP contribution >= 0.6 is 0 Å². The topological polar surface area (TPSA) is 129 Å². The maximum atomic E-state index is 13.5. The zero-order valence-corrected chi connectivity index (χ0v) is 29.8. The van der Waals surface area contributed by atoms with Gasteiger partial charge in [-0.2, -0.15) is 0 Å². The van der Waals surface area contributed by atoms with Gasteiger partial charge in [0.1, 0.15) is 24.1 Å². The van der Waals surface area contributed by atoms with Crippen molar-refractivity contribution in [2.75, 3.05) is 46.7 Å². The molecule has 2 heterocycles. The summed E-state index contributed by atoms with van der Waals surface area (Å²) in [5.41, 5.74) is 2.69. The summed E-state index contributed by atoms with van der Waals surface area (Å²) in [7, 11) is 1.72. The summed E-state index contributed by atoms with van der Waals surface area (Å²) in [6, 6.07) is 5.24. The number of carbonyl (C=O) groups is 1. The number of aliphatic hydroxyl groups excluding tert-OH is 2. The molecule has 11 nitrogen and oxygen atoms in total. The monoisotopic (exact) mass is 696 g/mol. The zero-order valence-electron chi connectivity index (χ0n) is 29.8. The minimum Gasteiger partial charge on any atom is -0.490 e. The molecule has 50 heavy (non-hydrogen) atoms. The van der Waals surface area contributed by atoms with Crippen LogP contribution in [0, 0.1) is 17.8 Å². The van der Waals surface area contributed by atoms with E-state index in [4.69, 9.17) is 33.7 Å². The molecule has 2 fully saturated rings. The third-order valence-electron chi connectivity index (χ3n) is 10.5. The normalized spacial score (nSPS) is 29.1. The van der Waals surface area contributed by atoms with Crippen LogP contribution in [0.1, 0.15) is 82.6 Å². The lowest BCUT2D eigenvalue weighted by atomic mass is 9.55. The molecule has 0 bridgehead atoms. The Morgan fingerprint density at radius 1 is 1.10 bits per heavy atom. The summed E-state index contributed by atoms with van der Waals surface area (Å²) in [5, 5.41) is 24.3. The molecule has 1 aromatic rings. The molecule has 4 aliphatic rings. The molecule has 1 saturated heterocycles. The Hall–Kier alpha value is -3.38. The first-order chi connectivity index (χ1) is 24.4. The van der Waals surface area contributed by atoms with E-state index >= 15 is 0 Å². The van der Waals surface area contributed by atoms with Crippen molar-refractivity contribution in [1.82, 2.24) is 4.90 Å². The van der Waals surface area contributed by atoms with Crippen LogP contribution in [0.5, 0.6) is 11.5 Å². The zero-order chi connectivity index (χ0) is 35.5. The average Bonchev–Trinajstić information content (AvgIpc) is 3.13. The van der Waals surface area contributed by atoms with Crippen LogP contribution in [0.3, 0.4) is 0 Å². The molecule has 1 unspecified atom stereocenters. The van der Waals surface area contributed by atoms with E-state index in [1.807, 2.05) is 12.1 Å².